The first-order valence-electron chi connectivity index (χ1n) is 7.29. The Morgan fingerprint density at radius 1 is 1.18 bits per heavy atom. The van der Waals surface area contributed by atoms with Crippen molar-refractivity contribution < 1.29 is 4.79 Å². The number of aryl methyl sites for hydroxylation is 3. The molecule has 1 amide bonds. The SMILES string of the molecule is Cc1cc(C)cc(NC(=O)CSc2nnc(C)n2C(C)C)c1. The third-order valence-corrected chi connectivity index (χ3v) is 4.13. The van der Waals surface area contributed by atoms with Gasteiger partial charge in [0.15, 0.2) is 5.16 Å². The van der Waals surface area contributed by atoms with Crippen molar-refractivity contribution in [1.29, 1.82) is 0 Å². The van der Waals surface area contributed by atoms with Crippen LogP contribution in [0, 0.1) is 20.8 Å². The Bertz CT molecular complexity index is 659. The number of anilines is 1. The second kappa shape index (κ2) is 6.96. The Hall–Kier alpha value is -1.82. The van der Waals surface area contributed by atoms with E-state index in [1.165, 1.54) is 11.8 Å². The van der Waals surface area contributed by atoms with E-state index in [2.05, 4.69) is 35.4 Å². The van der Waals surface area contributed by atoms with Crippen molar-refractivity contribution >= 4 is 23.4 Å². The molecule has 0 saturated heterocycles. The molecular formula is C16H22N4OS. The summed E-state index contributed by atoms with van der Waals surface area (Å²) in [5.74, 6) is 1.15. The molecule has 0 spiro atoms. The first-order chi connectivity index (χ1) is 10.4. The van der Waals surface area contributed by atoms with Gasteiger partial charge in [-0.15, -0.1) is 10.2 Å². The standard InChI is InChI=1S/C16H22N4OS/c1-10(2)20-13(5)18-19-16(20)22-9-15(21)17-14-7-11(3)6-12(4)8-14/h6-8,10H,9H2,1-5H3,(H,17,21). The normalized spacial score (nSPS) is 11.0. The third-order valence-electron chi connectivity index (χ3n) is 3.19. The number of hydrogen-bond acceptors (Lipinski definition) is 4. The number of amides is 1. The zero-order valence-corrected chi connectivity index (χ0v) is 14.5. The minimum atomic E-state index is -0.0361. The second-order valence-corrected chi connectivity index (χ2v) is 6.65. The molecule has 2 rings (SSSR count). The van der Waals surface area contributed by atoms with Gasteiger partial charge in [0.1, 0.15) is 5.82 Å². The highest BCUT2D eigenvalue weighted by Crippen LogP contribution is 2.21. The topological polar surface area (TPSA) is 59.8 Å². The number of thioether (sulfide) groups is 1. The van der Waals surface area contributed by atoms with Gasteiger partial charge in [-0.2, -0.15) is 0 Å². The van der Waals surface area contributed by atoms with Crippen LogP contribution in [0.4, 0.5) is 5.69 Å². The van der Waals surface area contributed by atoms with Crippen LogP contribution in [0.2, 0.25) is 0 Å². The summed E-state index contributed by atoms with van der Waals surface area (Å²) in [5, 5.41) is 11.9. The maximum absolute atomic E-state index is 12.1. The zero-order chi connectivity index (χ0) is 16.3. The van der Waals surface area contributed by atoms with E-state index in [4.69, 9.17) is 0 Å². The van der Waals surface area contributed by atoms with Gasteiger partial charge < -0.3 is 9.88 Å². The van der Waals surface area contributed by atoms with Crippen LogP contribution in [0.3, 0.4) is 0 Å². The molecule has 22 heavy (non-hydrogen) atoms. The summed E-state index contributed by atoms with van der Waals surface area (Å²) in [6.45, 7) is 10.1. The molecule has 0 saturated carbocycles. The van der Waals surface area contributed by atoms with Gasteiger partial charge in [0, 0.05) is 11.7 Å². The summed E-state index contributed by atoms with van der Waals surface area (Å²) in [6.07, 6.45) is 0. The molecule has 1 N–H and O–H groups in total. The number of nitrogens with zero attached hydrogens (tertiary/aromatic N) is 3. The number of hydrogen-bond donors (Lipinski definition) is 1. The van der Waals surface area contributed by atoms with E-state index in [-0.39, 0.29) is 11.9 Å². The quantitative estimate of drug-likeness (QED) is 0.857. The molecule has 0 fully saturated rings. The van der Waals surface area contributed by atoms with Crippen LogP contribution in [0.25, 0.3) is 0 Å². The summed E-state index contributed by atoms with van der Waals surface area (Å²) in [5.41, 5.74) is 3.11. The van der Waals surface area contributed by atoms with E-state index < -0.39 is 0 Å². The van der Waals surface area contributed by atoms with Crippen molar-refractivity contribution in [2.75, 3.05) is 11.1 Å². The maximum Gasteiger partial charge on any atom is 0.234 e. The van der Waals surface area contributed by atoms with Gasteiger partial charge >= 0.3 is 0 Å². The summed E-state index contributed by atoms with van der Waals surface area (Å²) in [7, 11) is 0. The Labute approximate surface area is 135 Å². The van der Waals surface area contributed by atoms with E-state index in [0.29, 0.717) is 5.75 Å². The second-order valence-electron chi connectivity index (χ2n) is 5.71. The number of carbonyl (C=O) groups is 1. The van der Waals surface area contributed by atoms with Crippen molar-refractivity contribution in [2.24, 2.45) is 0 Å². The fraction of sp³-hybridized carbons (Fsp3) is 0.438. The molecule has 0 aliphatic heterocycles. The minimum absolute atomic E-state index is 0.0361. The lowest BCUT2D eigenvalue weighted by molar-refractivity contribution is -0.113. The van der Waals surface area contributed by atoms with Crippen molar-refractivity contribution in [3.05, 3.63) is 35.2 Å². The van der Waals surface area contributed by atoms with Crippen LogP contribution in [0.1, 0.15) is 36.8 Å². The fourth-order valence-corrected chi connectivity index (χ4v) is 3.33. The number of carbonyl (C=O) groups excluding carboxylic acids is 1. The molecule has 1 heterocycles. The number of nitrogens with one attached hydrogen (secondary N) is 1. The number of aromatic nitrogens is 3. The predicted molar refractivity (Wildman–Crippen MR) is 90.4 cm³/mol. The molecule has 1 aromatic heterocycles. The third kappa shape index (κ3) is 4.10. The van der Waals surface area contributed by atoms with Crippen LogP contribution in [0.5, 0.6) is 0 Å². The summed E-state index contributed by atoms with van der Waals surface area (Å²) < 4.78 is 2.04. The van der Waals surface area contributed by atoms with E-state index in [1.807, 2.05) is 37.5 Å². The molecule has 1 aromatic carbocycles. The first-order valence-corrected chi connectivity index (χ1v) is 8.28. The van der Waals surface area contributed by atoms with Crippen LogP contribution >= 0.6 is 11.8 Å². The summed E-state index contributed by atoms with van der Waals surface area (Å²) >= 11 is 1.41. The summed E-state index contributed by atoms with van der Waals surface area (Å²) in [6, 6.07) is 6.30. The lowest BCUT2D eigenvalue weighted by Crippen LogP contribution is -2.15. The fourth-order valence-electron chi connectivity index (χ4n) is 2.42. The lowest BCUT2D eigenvalue weighted by Gasteiger charge is -2.12. The smallest absolute Gasteiger partial charge is 0.234 e. The van der Waals surface area contributed by atoms with Crippen molar-refractivity contribution in [3.63, 3.8) is 0 Å². The Balaban J connectivity index is 1.98. The molecule has 0 radical (unpaired) electrons. The Morgan fingerprint density at radius 2 is 1.82 bits per heavy atom. The summed E-state index contributed by atoms with van der Waals surface area (Å²) in [4.78, 5) is 12.1. The van der Waals surface area contributed by atoms with Gasteiger partial charge in [-0.05, 0) is 57.9 Å². The van der Waals surface area contributed by atoms with Gasteiger partial charge in [0.2, 0.25) is 5.91 Å². The highest BCUT2D eigenvalue weighted by atomic mass is 32.2. The molecule has 0 unspecified atom stereocenters. The molecule has 6 heteroatoms. The number of rotatable bonds is 5. The van der Waals surface area contributed by atoms with E-state index >= 15 is 0 Å². The Kier molecular flexibility index (Phi) is 5.24. The highest BCUT2D eigenvalue weighted by molar-refractivity contribution is 7.99. The molecule has 0 aliphatic rings. The van der Waals surface area contributed by atoms with Crippen LogP contribution in [-0.2, 0) is 4.79 Å². The van der Waals surface area contributed by atoms with Crippen LogP contribution < -0.4 is 5.32 Å². The van der Waals surface area contributed by atoms with Gasteiger partial charge in [0.25, 0.3) is 0 Å². The Morgan fingerprint density at radius 3 is 2.41 bits per heavy atom. The lowest BCUT2D eigenvalue weighted by atomic mass is 10.1. The molecular weight excluding hydrogens is 296 g/mol. The van der Waals surface area contributed by atoms with Crippen molar-refractivity contribution in [3.8, 4) is 0 Å². The predicted octanol–water partition coefficient (Wildman–Crippen LogP) is 3.52. The largest absolute Gasteiger partial charge is 0.325 e. The molecule has 5 nitrogen and oxygen atoms in total. The average Bonchev–Trinajstić information content (AvgIpc) is 2.76. The number of benzene rings is 1. The van der Waals surface area contributed by atoms with Crippen molar-refractivity contribution in [2.45, 2.75) is 45.8 Å². The monoisotopic (exact) mass is 318 g/mol. The van der Waals surface area contributed by atoms with Crippen molar-refractivity contribution in [1.82, 2.24) is 14.8 Å². The molecule has 0 aliphatic carbocycles. The van der Waals surface area contributed by atoms with E-state index in [9.17, 15) is 4.79 Å². The molecule has 2 aromatic rings. The highest BCUT2D eigenvalue weighted by Gasteiger charge is 2.14. The zero-order valence-electron chi connectivity index (χ0n) is 13.7. The van der Waals surface area contributed by atoms with Gasteiger partial charge in [-0.1, -0.05) is 17.8 Å². The molecule has 118 valence electrons. The van der Waals surface area contributed by atoms with Crippen LogP contribution in [0.15, 0.2) is 23.4 Å². The van der Waals surface area contributed by atoms with Gasteiger partial charge in [0.05, 0.1) is 5.75 Å². The van der Waals surface area contributed by atoms with E-state index in [1.54, 1.807) is 0 Å². The van der Waals surface area contributed by atoms with Gasteiger partial charge in [-0.3, -0.25) is 4.79 Å². The average molecular weight is 318 g/mol. The molecule has 0 bridgehead atoms. The maximum atomic E-state index is 12.1. The van der Waals surface area contributed by atoms with Crippen LogP contribution in [-0.4, -0.2) is 26.4 Å². The van der Waals surface area contributed by atoms with E-state index in [0.717, 1.165) is 27.8 Å². The minimum Gasteiger partial charge on any atom is -0.325 e. The molecule has 0 atom stereocenters. The first kappa shape index (κ1) is 16.5. The van der Waals surface area contributed by atoms with Gasteiger partial charge in [-0.25, -0.2) is 0 Å².